The quantitative estimate of drug-likeness (QED) is 0.770. The zero-order chi connectivity index (χ0) is 13.4. The van der Waals surface area contributed by atoms with Gasteiger partial charge in [-0.05, 0) is 37.6 Å². The first-order valence-corrected chi connectivity index (χ1v) is 6.65. The van der Waals surface area contributed by atoms with E-state index in [-0.39, 0.29) is 6.04 Å². The van der Waals surface area contributed by atoms with Gasteiger partial charge in [-0.2, -0.15) is 0 Å². The fraction of sp³-hybridized carbons (Fsp3) is 0.600. The van der Waals surface area contributed by atoms with E-state index in [0.717, 1.165) is 12.4 Å². The summed E-state index contributed by atoms with van der Waals surface area (Å²) in [4.78, 5) is 0. The van der Waals surface area contributed by atoms with E-state index in [2.05, 4.69) is 31.3 Å². The predicted octanol–water partition coefficient (Wildman–Crippen LogP) is 3.02. The summed E-state index contributed by atoms with van der Waals surface area (Å²) in [5, 5.41) is 3.28. The molecule has 3 heteroatoms. The molecule has 1 rings (SSSR count). The third kappa shape index (κ3) is 5.07. The highest BCUT2D eigenvalue weighted by Crippen LogP contribution is 2.18. The van der Waals surface area contributed by atoms with Gasteiger partial charge in [-0.3, -0.25) is 0 Å². The SMILES string of the molecule is CCOc1ccc(C(COCC(C)C)NC)cc1. The smallest absolute Gasteiger partial charge is 0.119 e. The van der Waals surface area contributed by atoms with Crippen LogP contribution in [-0.2, 0) is 4.74 Å². The van der Waals surface area contributed by atoms with Crippen LogP contribution in [-0.4, -0.2) is 26.9 Å². The summed E-state index contributed by atoms with van der Waals surface area (Å²) in [5.41, 5.74) is 1.23. The highest BCUT2D eigenvalue weighted by atomic mass is 16.5. The molecule has 0 aromatic heterocycles. The van der Waals surface area contributed by atoms with Crippen molar-refractivity contribution in [2.24, 2.45) is 5.92 Å². The average molecular weight is 251 g/mol. The Hall–Kier alpha value is -1.06. The third-order valence-electron chi connectivity index (χ3n) is 2.68. The molecule has 1 unspecified atom stereocenters. The molecule has 1 N–H and O–H groups in total. The highest BCUT2D eigenvalue weighted by Gasteiger charge is 2.09. The van der Waals surface area contributed by atoms with Gasteiger partial charge in [0.2, 0.25) is 0 Å². The second-order valence-corrected chi connectivity index (χ2v) is 4.77. The molecule has 3 nitrogen and oxygen atoms in total. The van der Waals surface area contributed by atoms with Crippen molar-refractivity contribution in [2.75, 3.05) is 26.9 Å². The maximum atomic E-state index is 5.69. The van der Waals surface area contributed by atoms with E-state index < -0.39 is 0 Å². The molecule has 102 valence electrons. The van der Waals surface area contributed by atoms with Gasteiger partial charge < -0.3 is 14.8 Å². The van der Waals surface area contributed by atoms with Gasteiger partial charge in [-0.15, -0.1) is 0 Å². The van der Waals surface area contributed by atoms with Crippen molar-refractivity contribution in [1.82, 2.24) is 5.32 Å². The van der Waals surface area contributed by atoms with Crippen LogP contribution in [0.3, 0.4) is 0 Å². The van der Waals surface area contributed by atoms with Gasteiger partial charge >= 0.3 is 0 Å². The van der Waals surface area contributed by atoms with E-state index in [1.807, 2.05) is 26.1 Å². The van der Waals surface area contributed by atoms with Gasteiger partial charge in [0.1, 0.15) is 5.75 Å². The third-order valence-corrected chi connectivity index (χ3v) is 2.68. The summed E-state index contributed by atoms with van der Waals surface area (Å²) in [6.45, 7) is 8.50. The Labute approximate surface area is 110 Å². The van der Waals surface area contributed by atoms with Crippen LogP contribution in [0.25, 0.3) is 0 Å². The minimum absolute atomic E-state index is 0.236. The molecule has 0 spiro atoms. The van der Waals surface area contributed by atoms with Gasteiger partial charge in [-0.25, -0.2) is 0 Å². The molecule has 0 aliphatic heterocycles. The van der Waals surface area contributed by atoms with Crippen molar-refractivity contribution >= 4 is 0 Å². The number of ether oxygens (including phenoxy) is 2. The molecule has 1 atom stereocenters. The first-order valence-electron chi connectivity index (χ1n) is 6.65. The fourth-order valence-electron chi connectivity index (χ4n) is 1.73. The van der Waals surface area contributed by atoms with E-state index in [1.54, 1.807) is 0 Å². The van der Waals surface area contributed by atoms with Gasteiger partial charge in [0.05, 0.1) is 19.3 Å². The van der Waals surface area contributed by atoms with Crippen LogP contribution in [0, 0.1) is 5.92 Å². The Kier molecular flexibility index (Phi) is 6.76. The van der Waals surface area contributed by atoms with E-state index in [9.17, 15) is 0 Å². The Morgan fingerprint density at radius 3 is 2.28 bits per heavy atom. The van der Waals surface area contributed by atoms with Crippen LogP contribution in [0.1, 0.15) is 32.4 Å². The Morgan fingerprint density at radius 1 is 1.11 bits per heavy atom. The van der Waals surface area contributed by atoms with E-state index in [0.29, 0.717) is 19.1 Å². The minimum Gasteiger partial charge on any atom is -0.494 e. The zero-order valence-corrected chi connectivity index (χ0v) is 11.9. The highest BCUT2D eigenvalue weighted by molar-refractivity contribution is 5.29. The standard InChI is InChI=1S/C15H25NO2/c1-5-18-14-8-6-13(7-9-14)15(16-4)11-17-10-12(2)3/h6-9,12,15-16H,5,10-11H2,1-4H3. The van der Waals surface area contributed by atoms with Crippen LogP contribution in [0.4, 0.5) is 0 Å². The molecular weight excluding hydrogens is 226 g/mol. The minimum atomic E-state index is 0.236. The lowest BCUT2D eigenvalue weighted by Gasteiger charge is -2.18. The summed E-state index contributed by atoms with van der Waals surface area (Å²) < 4.78 is 11.1. The summed E-state index contributed by atoms with van der Waals surface area (Å²) in [6, 6.07) is 8.42. The Morgan fingerprint density at radius 2 is 1.78 bits per heavy atom. The number of likely N-dealkylation sites (N-methyl/N-ethyl adjacent to an activating group) is 1. The van der Waals surface area contributed by atoms with Gasteiger partial charge in [0.25, 0.3) is 0 Å². The molecule has 0 saturated heterocycles. The second-order valence-electron chi connectivity index (χ2n) is 4.77. The van der Waals surface area contributed by atoms with Crippen molar-refractivity contribution in [3.8, 4) is 5.75 Å². The number of rotatable bonds is 8. The van der Waals surface area contributed by atoms with E-state index in [4.69, 9.17) is 9.47 Å². The van der Waals surface area contributed by atoms with Gasteiger partial charge in [0, 0.05) is 6.61 Å². The lowest BCUT2D eigenvalue weighted by molar-refractivity contribution is 0.0919. The second kappa shape index (κ2) is 8.11. The largest absolute Gasteiger partial charge is 0.494 e. The lowest BCUT2D eigenvalue weighted by Crippen LogP contribution is -2.22. The fourth-order valence-corrected chi connectivity index (χ4v) is 1.73. The molecule has 0 saturated carbocycles. The van der Waals surface area contributed by atoms with Crippen LogP contribution in [0.2, 0.25) is 0 Å². The van der Waals surface area contributed by atoms with E-state index in [1.165, 1.54) is 5.56 Å². The number of benzene rings is 1. The summed E-state index contributed by atoms with van der Waals surface area (Å²) >= 11 is 0. The van der Waals surface area contributed by atoms with Gasteiger partial charge in [-0.1, -0.05) is 26.0 Å². The molecule has 0 heterocycles. The molecule has 1 aromatic rings. The van der Waals surface area contributed by atoms with Crippen LogP contribution in [0.15, 0.2) is 24.3 Å². The molecule has 0 aliphatic rings. The number of hydrogen-bond donors (Lipinski definition) is 1. The van der Waals surface area contributed by atoms with Crippen LogP contribution < -0.4 is 10.1 Å². The first kappa shape index (κ1) is 15.0. The summed E-state index contributed by atoms with van der Waals surface area (Å²) in [7, 11) is 1.96. The molecular formula is C15H25NO2. The molecule has 0 amide bonds. The van der Waals surface area contributed by atoms with Crippen molar-refractivity contribution < 1.29 is 9.47 Å². The average Bonchev–Trinajstić information content (AvgIpc) is 2.36. The predicted molar refractivity (Wildman–Crippen MR) is 75.1 cm³/mol. The molecule has 1 aromatic carbocycles. The van der Waals surface area contributed by atoms with Gasteiger partial charge in [0.15, 0.2) is 0 Å². The zero-order valence-electron chi connectivity index (χ0n) is 11.9. The monoisotopic (exact) mass is 251 g/mol. The summed E-state index contributed by atoms with van der Waals surface area (Å²) in [5.74, 6) is 1.49. The maximum Gasteiger partial charge on any atom is 0.119 e. The maximum absolute atomic E-state index is 5.69. The molecule has 0 aliphatic carbocycles. The number of hydrogen-bond acceptors (Lipinski definition) is 3. The Balaban J connectivity index is 2.53. The van der Waals surface area contributed by atoms with Crippen LogP contribution in [0.5, 0.6) is 5.75 Å². The van der Waals surface area contributed by atoms with Crippen molar-refractivity contribution in [1.29, 1.82) is 0 Å². The Bertz CT molecular complexity index is 322. The number of nitrogens with one attached hydrogen (secondary N) is 1. The van der Waals surface area contributed by atoms with E-state index >= 15 is 0 Å². The topological polar surface area (TPSA) is 30.5 Å². The first-order chi connectivity index (χ1) is 8.67. The van der Waals surface area contributed by atoms with Crippen molar-refractivity contribution in [2.45, 2.75) is 26.8 Å². The lowest BCUT2D eigenvalue weighted by atomic mass is 10.1. The van der Waals surface area contributed by atoms with Crippen LogP contribution >= 0.6 is 0 Å². The normalized spacial score (nSPS) is 12.7. The summed E-state index contributed by atoms with van der Waals surface area (Å²) in [6.07, 6.45) is 0. The molecule has 18 heavy (non-hydrogen) atoms. The molecule has 0 radical (unpaired) electrons. The van der Waals surface area contributed by atoms with Crippen molar-refractivity contribution in [3.05, 3.63) is 29.8 Å². The molecule has 0 fully saturated rings. The molecule has 0 bridgehead atoms. The van der Waals surface area contributed by atoms with Crippen molar-refractivity contribution in [3.63, 3.8) is 0 Å².